The summed E-state index contributed by atoms with van der Waals surface area (Å²) < 4.78 is 5.07. The van der Waals surface area contributed by atoms with E-state index >= 15 is 0 Å². The monoisotopic (exact) mass is 265 g/mol. The Morgan fingerprint density at radius 2 is 2.05 bits per heavy atom. The largest absolute Gasteiger partial charge is 0.479 e. The maximum atomic E-state index is 12.1. The lowest BCUT2D eigenvalue weighted by Crippen LogP contribution is -2.54. The van der Waals surface area contributed by atoms with Crippen LogP contribution < -0.4 is 4.90 Å². The molecule has 1 saturated heterocycles. The first kappa shape index (κ1) is 13.5. The fourth-order valence-corrected chi connectivity index (χ4v) is 1.94. The van der Waals surface area contributed by atoms with E-state index < -0.39 is 24.1 Å². The van der Waals surface area contributed by atoms with Crippen molar-refractivity contribution in [3.05, 3.63) is 29.8 Å². The summed E-state index contributed by atoms with van der Waals surface area (Å²) in [7, 11) is 0. The molecule has 0 spiro atoms. The standard InChI is InChI=1S/C13H15NO5/c1-8-2-4-9(5-3-8)14-6-7-19-11(12(14)16)10(15)13(17)18/h2-5,10-11,15H,6-7H2,1H3,(H,17,18)/t10?,11-/m1/s1. The number of nitrogens with zero attached hydrogens (tertiary/aromatic N) is 1. The number of aliphatic hydroxyl groups is 1. The zero-order valence-corrected chi connectivity index (χ0v) is 10.4. The molecule has 1 aromatic rings. The third-order valence-corrected chi connectivity index (χ3v) is 3.01. The minimum absolute atomic E-state index is 0.189. The number of carboxylic acids is 1. The summed E-state index contributed by atoms with van der Waals surface area (Å²) in [5, 5.41) is 18.2. The smallest absolute Gasteiger partial charge is 0.335 e. The molecule has 6 heteroatoms. The molecule has 6 nitrogen and oxygen atoms in total. The van der Waals surface area contributed by atoms with Crippen molar-refractivity contribution in [2.24, 2.45) is 0 Å². The van der Waals surface area contributed by atoms with Crippen LogP contribution in [0.15, 0.2) is 24.3 Å². The van der Waals surface area contributed by atoms with Crippen molar-refractivity contribution in [2.75, 3.05) is 18.1 Å². The molecule has 0 bridgehead atoms. The molecule has 102 valence electrons. The third-order valence-electron chi connectivity index (χ3n) is 3.01. The highest BCUT2D eigenvalue weighted by molar-refractivity contribution is 6.00. The van der Waals surface area contributed by atoms with Gasteiger partial charge >= 0.3 is 5.97 Å². The van der Waals surface area contributed by atoms with Crippen molar-refractivity contribution in [1.29, 1.82) is 0 Å². The van der Waals surface area contributed by atoms with Gasteiger partial charge in [-0.15, -0.1) is 0 Å². The quantitative estimate of drug-likeness (QED) is 0.813. The zero-order valence-electron chi connectivity index (χ0n) is 10.4. The number of anilines is 1. The number of aliphatic hydroxyl groups excluding tert-OH is 1. The number of rotatable bonds is 3. The van der Waals surface area contributed by atoms with E-state index in [1.54, 1.807) is 12.1 Å². The number of carbonyl (C=O) groups is 2. The summed E-state index contributed by atoms with van der Waals surface area (Å²) in [6.07, 6.45) is -3.20. The fraction of sp³-hybridized carbons (Fsp3) is 0.385. The molecule has 0 saturated carbocycles. The number of morpholine rings is 1. The second kappa shape index (κ2) is 5.38. The van der Waals surface area contributed by atoms with E-state index in [-0.39, 0.29) is 6.61 Å². The number of carboxylic acid groups (broad SMARTS) is 1. The molecule has 1 amide bonds. The predicted molar refractivity (Wildman–Crippen MR) is 66.9 cm³/mol. The Bertz CT molecular complexity index is 484. The highest BCUT2D eigenvalue weighted by Gasteiger charge is 2.39. The topological polar surface area (TPSA) is 87.1 Å². The van der Waals surface area contributed by atoms with Gasteiger partial charge in [-0.3, -0.25) is 4.79 Å². The first-order valence-corrected chi connectivity index (χ1v) is 5.91. The molecule has 1 heterocycles. The van der Waals surface area contributed by atoms with E-state index in [1.807, 2.05) is 19.1 Å². The van der Waals surface area contributed by atoms with Crippen molar-refractivity contribution in [3.63, 3.8) is 0 Å². The second-order valence-corrected chi connectivity index (χ2v) is 4.40. The van der Waals surface area contributed by atoms with Crippen molar-refractivity contribution in [1.82, 2.24) is 0 Å². The predicted octanol–water partition coefficient (Wildman–Crippen LogP) is 0.172. The first-order valence-electron chi connectivity index (χ1n) is 5.91. The van der Waals surface area contributed by atoms with Gasteiger partial charge in [0.25, 0.3) is 5.91 Å². The van der Waals surface area contributed by atoms with Gasteiger partial charge in [0.15, 0.2) is 12.2 Å². The summed E-state index contributed by atoms with van der Waals surface area (Å²) in [5.74, 6) is -2.01. The average Bonchev–Trinajstić information content (AvgIpc) is 2.39. The molecule has 0 aromatic heterocycles. The van der Waals surface area contributed by atoms with Crippen molar-refractivity contribution < 1.29 is 24.5 Å². The minimum Gasteiger partial charge on any atom is -0.479 e. The molecule has 19 heavy (non-hydrogen) atoms. The molecule has 1 unspecified atom stereocenters. The molecular formula is C13H15NO5. The molecule has 0 radical (unpaired) electrons. The molecule has 1 aromatic carbocycles. The Kier molecular flexibility index (Phi) is 3.82. The number of aryl methyl sites for hydroxylation is 1. The zero-order chi connectivity index (χ0) is 14.0. The Hall–Kier alpha value is -1.92. The van der Waals surface area contributed by atoms with Gasteiger partial charge in [0, 0.05) is 12.2 Å². The lowest BCUT2D eigenvalue weighted by atomic mass is 10.1. The Balaban J connectivity index is 2.20. The Morgan fingerprint density at radius 3 is 2.63 bits per heavy atom. The normalized spacial score (nSPS) is 21.3. The molecule has 0 aliphatic carbocycles. The van der Waals surface area contributed by atoms with E-state index in [4.69, 9.17) is 9.84 Å². The number of hydrogen-bond acceptors (Lipinski definition) is 4. The van der Waals surface area contributed by atoms with Gasteiger partial charge in [-0.25, -0.2) is 4.79 Å². The maximum absolute atomic E-state index is 12.1. The molecule has 2 rings (SSSR count). The maximum Gasteiger partial charge on any atom is 0.335 e. The van der Waals surface area contributed by atoms with Gasteiger partial charge < -0.3 is 19.8 Å². The Morgan fingerprint density at radius 1 is 1.42 bits per heavy atom. The summed E-state index contributed by atoms with van der Waals surface area (Å²) in [6.45, 7) is 2.46. The summed E-state index contributed by atoms with van der Waals surface area (Å²) >= 11 is 0. The van der Waals surface area contributed by atoms with Gasteiger partial charge in [-0.2, -0.15) is 0 Å². The highest BCUT2D eigenvalue weighted by Crippen LogP contribution is 2.20. The Labute approximate surface area is 110 Å². The van der Waals surface area contributed by atoms with Crippen LogP contribution in [0.1, 0.15) is 5.56 Å². The lowest BCUT2D eigenvalue weighted by molar-refractivity contribution is -0.163. The van der Waals surface area contributed by atoms with Crippen LogP contribution >= 0.6 is 0 Å². The van der Waals surface area contributed by atoms with E-state index in [9.17, 15) is 14.7 Å². The molecule has 1 aliphatic heterocycles. The summed E-state index contributed by atoms with van der Waals surface area (Å²) in [4.78, 5) is 24.3. The lowest BCUT2D eigenvalue weighted by Gasteiger charge is -2.33. The van der Waals surface area contributed by atoms with Crippen LogP contribution in [0.3, 0.4) is 0 Å². The number of aliphatic carboxylic acids is 1. The van der Waals surface area contributed by atoms with Gasteiger partial charge in [-0.1, -0.05) is 17.7 Å². The summed E-state index contributed by atoms with van der Waals surface area (Å²) in [6, 6.07) is 7.28. The number of amides is 1. The van der Waals surface area contributed by atoms with Gasteiger partial charge in [0.1, 0.15) is 0 Å². The highest BCUT2D eigenvalue weighted by atomic mass is 16.5. The number of carbonyl (C=O) groups excluding carboxylic acids is 1. The molecule has 2 atom stereocenters. The number of hydrogen-bond donors (Lipinski definition) is 2. The van der Waals surface area contributed by atoms with E-state index in [0.29, 0.717) is 12.2 Å². The fourth-order valence-electron chi connectivity index (χ4n) is 1.94. The number of ether oxygens (including phenoxy) is 1. The van der Waals surface area contributed by atoms with Gasteiger partial charge in [0.05, 0.1) is 6.61 Å². The van der Waals surface area contributed by atoms with Crippen LogP contribution in [0.5, 0.6) is 0 Å². The van der Waals surface area contributed by atoms with Crippen LogP contribution in [0.25, 0.3) is 0 Å². The van der Waals surface area contributed by atoms with Crippen LogP contribution in [0, 0.1) is 6.92 Å². The molecule has 1 aliphatic rings. The molecular weight excluding hydrogens is 250 g/mol. The average molecular weight is 265 g/mol. The molecule has 2 N–H and O–H groups in total. The van der Waals surface area contributed by atoms with Crippen molar-refractivity contribution >= 4 is 17.6 Å². The van der Waals surface area contributed by atoms with E-state index in [0.717, 1.165) is 5.56 Å². The summed E-state index contributed by atoms with van der Waals surface area (Å²) in [5.41, 5.74) is 1.73. The van der Waals surface area contributed by atoms with Crippen LogP contribution in [0.2, 0.25) is 0 Å². The van der Waals surface area contributed by atoms with Gasteiger partial charge in [0.2, 0.25) is 0 Å². The molecule has 1 fully saturated rings. The third kappa shape index (κ3) is 2.74. The second-order valence-electron chi connectivity index (χ2n) is 4.40. The van der Waals surface area contributed by atoms with Gasteiger partial charge in [-0.05, 0) is 19.1 Å². The van der Waals surface area contributed by atoms with Crippen molar-refractivity contribution in [3.8, 4) is 0 Å². The minimum atomic E-state index is -1.85. The van der Waals surface area contributed by atoms with Crippen molar-refractivity contribution in [2.45, 2.75) is 19.1 Å². The van der Waals surface area contributed by atoms with Crippen LogP contribution in [0.4, 0.5) is 5.69 Å². The van der Waals surface area contributed by atoms with E-state index in [1.165, 1.54) is 4.90 Å². The van der Waals surface area contributed by atoms with E-state index in [2.05, 4.69) is 0 Å². The number of benzene rings is 1. The first-order chi connectivity index (χ1) is 9.00. The van der Waals surface area contributed by atoms with Crippen LogP contribution in [-0.2, 0) is 14.3 Å². The van der Waals surface area contributed by atoms with Crippen LogP contribution in [-0.4, -0.2) is 47.4 Å². The SMILES string of the molecule is Cc1ccc(N2CCO[C@H](C(O)C(=O)O)C2=O)cc1.